The zero-order valence-corrected chi connectivity index (χ0v) is 13.1. The van der Waals surface area contributed by atoms with Crippen LogP contribution in [-0.2, 0) is 6.54 Å². The van der Waals surface area contributed by atoms with E-state index in [1.807, 2.05) is 18.3 Å². The lowest BCUT2D eigenvalue weighted by molar-refractivity contribution is 0.777. The fourth-order valence-corrected chi connectivity index (χ4v) is 2.50. The lowest BCUT2D eigenvalue weighted by atomic mass is 10.2. The number of hydrogen-bond donors (Lipinski definition) is 1. The van der Waals surface area contributed by atoms with Crippen LogP contribution < -0.4 is 10.6 Å². The second kappa shape index (κ2) is 5.44. The summed E-state index contributed by atoms with van der Waals surface area (Å²) in [6.45, 7) is 2.99. The van der Waals surface area contributed by atoms with E-state index in [1.165, 1.54) is 24.0 Å². The van der Waals surface area contributed by atoms with E-state index < -0.39 is 0 Å². The van der Waals surface area contributed by atoms with Crippen LogP contribution in [0.5, 0.6) is 0 Å². The molecular weight excluding hydrogens is 314 g/mol. The van der Waals surface area contributed by atoms with Crippen molar-refractivity contribution in [2.24, 2.45) is 0 Å². The molecule has 1 aromatic carbocycles. The van der Waals surface area contributed by atoms with Crippen molar-refractivity contribution in [2.75, 3.05) is 10.6 Å². The number of pyridine rings is 1. The summed E-state index contributed by atoms with van der Waals surface area (Å²) in [5.74, 6) is 1.06. The lowest BCUT2D eigenvalue weighted by Crippen LogP contribution is -2.26. The van der Waals surface area contributed by atoms with Crippen LogP contribution in [0.2, 0.25) is 0 Å². The number of aryl methyl sites for hydroxylation is 1. The molecule has 104 valence electrons. The van der Waals surface area contributed by atoms with E-state index in [2.05, 4.69) is 50.9 Å². The Morgan fingerprint density at radius 1 is 1.30 bits per heavy atom. The van der Waals surface area contributed by atoms with Crippen molar-refractivity contribution in [3.63, 3.8) is 0 Å². The summed E-state index contributed by atoms with van der Waals surface area (Å²) in [5.41, 5.74) is 9.05. The zero-order valence-electron chi connectivity index (χ0n) is 11.5. The average Bonchev–Trinajstić information content (AvgIpc) is 3.26. The minimum atomic E-state index is 0.626. The summed E-state index contributed by atoms with van der Waals surface area (Å²) in [6, 6.07) is 10.9. The highest BCUT2D eigenvalue weighted by Crippen LogP contribution is 2.33. The van der Waals surface area contributed by atoms with Crippen molar-refractivity contribution >= 4 is 27.4 Å². The van der Waals surface area contributed by atoms with Crippen molar-refractivity contribution < 1.29 is 0 Å². The van der Waals surface area contributed by atoms with Gasteiger partial charge in [0.25, 0.3) is 0 Å². The Bertz CT molecular complexity index is 606. The number of anilines is 2. The van der Waals surface area contributed by atoms with E-state index >= 15 is 0 Å². The minimum Gasteiger partial charge on any atom is -0.399 e. The summed E-state index contributed by atoms with van der Waals surface area (Å²) >= 11 is 3.51. The molecule has 0 aliphatic heterocycles. The fraction of sp³-hybridized carbons (Fsp3) is 0.312. The Morgan fingerprint density at radius 2 is 2.00 bits per heavy atom. The average molecular weight is 332 g/mol. The third kappa shape index (κ3) is 2.96. The van der Waals surface area contributed by atoms with E-state index in [1.54, 1.807) is 0 Å². The number of nitrogens with two attached hydrogens (primary N) is 1. The van der Waals surface area contributed by atoms with Gasteiger partial charge in [-0.3, -0.25) is 0 Å². The summed E-state index contributed by atoms with van der Waals surface area (Å²) in [7, 11) is 0. The van der Waals surface area contributed by atoms with Gasteiger partial charge in [0, 0.05) is 28.9 Å². The van der Waals surface area contributed by atoms with Crippen molar-refractivity contribution in [3.8, 4) is 0 Å². The molecule has 1 saturated carbocycles. The third-order valence-corrected chi connectivity index (χ3v) is 4.48. The second-order valence-corrected chi connectivity index (χ2v) is 6.25. The van der Waals surface area contributed by atoms with Gasteiger partial charge in [-0.1, -0.05) is 12.1 Å². The Hall–Kier alpha value is -1.55. The first-order chi connectivity index (χ1) is 9.63. The van der Waals surface area contributed by atoms with E-state index in [0.29, 0.717) is 6.04 Å². The molecule has 1 heterocycles. The number of aromatic nitrogens is 1. The SMILES string of the molecule is Cc1cc(N(Cc2ccc(N)cc2)C2CC2)ncc1Br. The van der Waals surface area contributed by atoms with Crippen LogP contribution in [0.4, 0.5) is 11.5 Å². The van der Waals surface area contributed by atoms with Gasteiger partial charge in [0.1, 0.15) is 5.82 Å². The molecule has 0 spiro atoms. The maximum Gasteiger partial charge on any atom is 0.129 e. The molecule has 2 aromatic rings. The highest BCUT2D eigenvalue weighted by atomic mass is 79.9. The van der Waals surface area contributed by atoms with Crippen LogP contribution in [0.3, 0.4) is 0 Å². The highest BCUT2D eigenvalue weighted by Gasteiger charge is 2.30. The summed E-state index contributed by atoms with van der Waals surface area (Å²) < 4.78 is 1.06. The van der Waals surface area contributed by atoms with E-state index in [0.717, 1.165) is 22.5 Å². The second-order valence-electron chi connectivity index (χ2n) is 5.39. The normalized spacial score (nSPS) is 14.3. The summed E-state index contributed by atoms with van der Waals surface area (Å²) in [5, 5.41) is 0. The van der Waals surface area contributed by atoms with Gasteiger partial charge in [-0.05, 0) is 65.0 Å². The predicted octanol–water partition coefficient (Wildman–Crippen LogP) is 3.90. The van der Waals surface area contributed by atoms with E-state index in [-0.39, 0.29) is 0 Å². The summed E-state index contributed by atoms with van der Waals surface area (Å²) in [6.07, 6.45) is 4.40. The van der Waals surface area contributed by atoms with Crippen LogP contribution in [-0.4, -0.2) is 11.0 Å². The number of benzene rings is 1. The van der Waals surface area contributed by atoms with Crippen LogP contribution in [0.25, 0.3) is 0 Å². The predicted molar refractivity (Wildman–Crippen MR) is 86.7 cm³/mol. The zero-order chi connectivity index (χ0) is 14.1. The van der Waals surface area contributed by atoms with Crippen LogP contribution >= 0.6 is 15.9 Å². The molecule has 2 N–H and O–H groups in total. The van der Waals surface area contributed by atoms with Crippen LogP contribution in [0.15, 0.2) is 41.0 Å². The van der Waals surface area contributed by atoms with Crippen molar-refractivity contribution in [2.45, 2.75) is 32.4 Å². The molecule has 3 rings (SSSR count). The first-order valence-electron chi connectivity index (χ1n) is 6.86. The van der Waals surface area contributed by atoms with E-state index in [9.17, 15) is 0 Å². The van der Waals surface area contributed by atoms with Gasteiger partial charge in [0.2, 0.25) is 0 Å². The molecule has 20 heavy (non-hydrogen) atoms. The fourth-order valence-electron chi connectivity index (χ4n) is 2.28. The molecule has 3 nitrogen and oxygen atoms in total. The topological polar surface area (TPSA) is 42.1 Å². The van der Waals surface area contributed by atoms with Gasteiger partial charge >= 0.3 is 0 Å². The largest absolute Gasteiger partial charge is 0.399 e. The summed E-state index contributed by atoms with van der Waals surface area (Å²) in [4.78, 5) is 6.96. The number of nitrogen functional groups attached to an aromatic ring is 1. The number of nitrogens with zero attached hydrogens (tertiary/aromatic N) is 2. The number of halogens is 1. The molecule has 1 aromatic heterocycles. The first kappa shape index (κ1) is 13.4. The smallest absolute Gasteiger partial charge is 0.129 e. The Labute approximate surface area is 127 Å². The van der Waals surface area contributed by atoms with Gasteiger partial charge in [0.15, 0.2) is 0 Å². The van der Waals surface area contributed by atoms with Crippen molar-refractivity contribution in [1.82, 2.24) is 4.98 Å². The molecule has 0 saturated heterocycles. The molecule has 0 radical (unpaired) electrons. The van der Waals surface area contributed by atoms with Gasteiger partial charge in [0.05, 0.1) is 0 Å². The quantitative estimate of drug-likeness (QED) is 0.864. The third-order valence-electron chi connectivity index (χ3n) is 3.65. The molecule has 0 atom stereocenters. The Morgan fingerprint density at radius 3 is 2.60 bits per heavy atom. The van der Waals surface area contributed by atoms with Gasteiger partial charge in [-0.15, -0.1) is 0 Å². The number of hydrogen-bond acceptors (Lipinski definition) is 3. The molecule has 4 heteroatoms. The monoisotopic (exact) mass is 331 g/mol. The minimum absolute atomic E-state index is 0.626. The molecule has 0 unspecified atom stereocenters. The lowest BCUT2D eigenvalue weighted by Gasteiger charge is -2.24. The highest BCUT2D eigenvalue weighted by molar-refractivity contribution is 9.10. The van der Waals surface area contributed by atoms with Gasteiger partial charge in [-0.2, -0.15) is 0 Å². The van der Waals surface area contributed by atoms with Crippen LogP contribution in [0.1, 0.15) is 24.0 Å². The molecule has 1 aliphatic rings. The molecular formula is C16H18BrN3. The van der Waals surface area contributed by atoms with Crippen molar-refractivity contribution in [3.05, 3.63) is 52.1 Å². The Balaban J connectivity index is 1.85. The maximum atomic E-state index is 5.75. The van der Waals surface area contributed by atoms with Gasteiger partial charge in [-0.25, -0.2) is 4.98 Å². The number of rotatable bonds is 4. The molecule has 0 bridgehead atoms. The first-order valence-corrected chi connectivity index (χ1v) is 7.66. The maximum absolute atomic E-state index is 5.75. The Kier molecular flexibility index (Phi) is 3.66. The van der Waals surface area contributed by atoms with Gasteiger partial charge < -0.3 is 10.6 Å². The molecule has 1 fully saturated rings. The molecule has 1 aliphatic carbocycles. The van der Waals surface area contributed by atoms with Crippen molar-refractivity contribution in [1.29, 1.82) is 0 Å². The van der Waals surface area contributed by atoms with E-state index in [4.69, 9.17) is 5.73 Å². The van der Waals surface area contributed by atoms with Crippen LogP contribution in [0, 0.1) is 6.92 Å². The standard InChI is InChI=1S/C16H18BrN3/c1-11-8-16(19-9-15(11)17)20(14-6-7-14)10-12-2-4-13(18)5-3-12/h2-5,8-9,14H,6-7,10,18H2,1H3. The molecule has 0 amide bonds.